The van der Waals surface area contributed by atoms with E-state index in [2.05, 4.69) is 49.1 Å². The zero-order chi connectivity index (χ0) is 29.1. The van der Waals surface area contributed by atoms with Crippen LogP contribution in [0.15, 0.2) is 65.0 Å². The number of aliphatic hydroxyl groups excluding tert-OH is 3. The fourth-order valence-corrected chi connectivity index (χ4v) is 7.38. The summed E-state index contributed by atoms with van der Waals surface area (Å²) in [5, 5.41) is 32.1. The number of rotatable bonds is 10. The van der Waals surface area contributed by atoms with Crippen molar-refractivity contribution in [2.45, 2.75) is 77.0 Å². The van der Waals surface area contributed by atoms with Gasteiger partial charge in [-0.1, -0.05) is 57.0 Å². The van der Waals surface area contributed by atoms with Crippen molar-refractivity contribution < 1.29 is 34.3 Å². The van der Waals surface area contributed by atoms with Crippen LogP contribution in [0.4, 0.5) is 0 Å². The largest absolute Gasteiger partial charge is 0.492 e. The zero-order valence-electron chi connectivity index (χ0n) is 24.5. The maximum absolute atomic E-state index is 12.5. The molecule has 6 atom stereocenters. The highest BCUT2D eigenvalue weighted by Crippen LogP contribution is 2.50. The van der Waals surface area contributed by atoms with Gasteiger partial charge in [-0.3, -0.25) is 4.90 Å². The third-order valence-electron chi connectivity index (χ3n) is 9.27. The van der Waals surface area contributed by atoms with Gasteiger partial charge in [-0.25, -0.2) is 4.79 Å². The van der Waals surface area contributed by atoms with E-state index in [4.69, 9.17) is 14.2 Å². The number of benzene rings is 1. The monoisotopic (exact) mass is 567 g/mol. The molecule has 224 valence electrons. The minimum Gasteiger partial charge on any atom is -0.492 e. The molecule has 4 heterocycles. The summed E-state index contributed by atoms with van der Waals surface area (Å²) in [6, 6.07) is 10.6. The molecular formula is C33H45NO7. The number of piperidine rings is 1. The predicted molar refractivity (Wildman–Crippen MR) is 154 cm³/mol. The molecule has 0 saturated carbocycles. The van der Waals surface area contributed by atoms with Crippen molar-refractivity contribution in [3.8, 4) is 0 Å². The SMILES string of the molecule is COC1=C(CO)C(=O)O/C1=C1/OC2=CCCN3[C@@H](C[C@H](Cc4ccccc4)C[C@H]3[C@@H](O)CCCC(C)C)[C@H]2[C@@H]1CO. The Morgan fingerprint density at radius 1 is 1.10 bits per heavy atom. The number of methoxy groups -OCH3 is 1. The molecule has 2 fully saturated rings. The highest BCUT2D eigenvalue weighted by molar-refractivity contribution is 5.94. The summed E-state index contributed by atoms with van der Waals surface area (Å²) in [4.78, 5) is 14.9. The average molecular weight is 568 g/mol. The Balaban J connectivity index is 1.49. The van der Waals surface area contributed by atoms with Crippen molar-refractivity contribution in [3.63, 3.8) is 0 Å². The van der Waals surface area contributed by atoms with Gasteiger partial charge in [0.05, 0.1) is 32.3 Å². The van der Waals surface area contributed by atoms with Gasteiger partial charge >= 0.3 is 5.97 Å². The number of nitrogens with zero attached hydrogens (tertiary/aromatic N) is 1. The van der Waals surface area contributed by atoms with Crippen LogP contribution in [0.3, 0.4) is 0 Å². The van der Waals surface area contributed by atoms with E-state index < -0.39 is 24.6 Å². The minimum atomic E-state index is -0.667. The topological polar surface area (TPSA) is 109 Å². The molecule has 8 heteroatoms. The smallest absolute Gasteiger partial charge is 0.345 e. The summed E-state index contributed by atoms with van der Waals surface area (Å²) in [6.07, 6.45) is 8.03. The molecule has 0 aromatic heterocycles. The molecule has 2 saturated heterocycles. The number of esters is 1. The normalized spacial score (nSPS) is 30.9. The lowest BCUT2D eigenvalue weighted by molar-refractivity contribution is -0.134. The molecule has 8 nitrogen and oxygen atoms in total. The molecule has 1 aromatic rings. The van der Waals surface area contributed by atoms with Gasteiger partial charge in [0, 0.05) is 24.5 Å². The molecular weight excluding hydrogens is 522 g/mol. The lowest BCUT2D eigenvalue weighted by atomic mass is 9.73. The number of hydrogen-bond acceptors (Lipinski definition) is 8. The number of carbonyl (C=O) groups is 1. The summed E-state index contributed by atoms with van der Waals surface area (Å²) in [5.74, 6) is 1.13. The number of fused-ring (bicyclic) bond motifs is 3. The minimum absolute atomic E-state index is 0.0122. The van der Waals surface area contributed by atoms with Crippen LogP contribution in [-0.2, 0) is 25.4 Å². The van der Waals surface area contributed by atoms with Crippen molar-refractivity contribution in [3.05, 3.63) is 70.6 Å². The summed E-state index contributed by atoms with van der Waals surface area (Å²) in [7, 11) is 1.43. The summed E-state index contributed by atoms with van der Waals surface area (Å²) in [5.41, 5.74) is 1.33. The molecule has 0 spiro atoms. The molecule has 41 heavy (non-hydrogen) atoms. The standard InChI is InChI=1S/C33H45NO7/c1-20(2)9-7-12-27(37)25-16-22(15-21-10-5-4-6-11-21)17-26-29-23(18-35)31(40-28(29)13-8-14-34(25)26)32-30(39-3)24(19-36)33(38)41-32/h4-6,10-11,13,20,22-23,25-27,29,35-37H,7-9,12,14-19H2,1-3H3/b32-31+/t22-,23+,25+,26+,27+,29-/m1/s1. The number of ether oxygens (including phenoxy) is 3. The molecule has 0 radical (unpaired) electrons. The molecule has 0 unspecified atom stereocenters. The lowest BCUT2D eigenvalue weighted by Gasteiger charge is -2.49. The first kappa shape index (κ1) is 29.8. The number of carbonyl (C=O) groups excluding carboxylic acids is 1. The summed E-state index contributed by atoms with van der Waals surface area (Å²) >= 11 is 0. The van der Waals surface area contributed by atoms with Crippen LogP contribution in [-0.4, -0.2) is 71.2 Å². The van der Waals surface area contributed by atoms with Crippen LogP contribution < -0.4 is 0 Å². The summed E-state index contributed by atoms with van der Waals surface area (Å²) < 4.78 is 17.4. The molecule has 4 aliphatic rings. The van der Waals surface area contributed by atoms with E-state index in [0.29, 0.717) is 17.6 Å². The first-order valence-electron chi connectivity index (χ1n) is 15.2. The second kappa shape index (κ2) is 13.1. The van der Waals surface area contributed by atoms with E-state index in [1.807, 2.05) is 6.07 Å². The maximum atomic E-state index is 12.5. The van der Waals surface area contributed by atoms with Gasteiger partial charge in [0.25, 0.3) is 0 Å². The van der Waals surface area contributed by atoms with Crippen molar-refractivity contribution in [2.24, 2.45) is 23.7 Å². The van der Waals surface area contributed by atoms with E-state index in [9.17, 15) is 20.1 Å². The van der Waals surface area contributed by atoms with Crippen LogP contribution in [0.1, 0.15) is 57.9 Å². The van der Waals surface area contributed by atoms with E-state index in [1.54, 1.807) is 0 Å². The molecule has 1 aromatic carbocycles. The van der Waals surface area contributed by atoms with Crippen molar-refractivity contribution in [1.82, 2.24) is 4.90 Å². The first-order chi connectivity index (χ1) is 19.9. The van der Waals surface area contributed by atoms with Crippen molar-refractivity contribution in [1.29, 1.82) is 0 Å². The Morgan fingerprint density at radius 3 is 2.56 bits per heavy atom. The molecule has 4 aliphatic heterocycles. The fourth-order valence-electron chi connectivity index (χ4n) is 7.38. The van der Waals surface area contributed by atoms with Gasteiger partial charge in [0.2, 0.25) is 5.76 Å². The van der Waals surface area contributed by atoms with Gasteiger partial charge in [0.15, 0.2) is 11.5 Å². The maximum Gasteiger partial charge on any atom is 0.345 e. The second-order valence-electron chi connectivity index (χ2n) is 12.4. The Kier molecular flexibility index (Phi) is 9.54. The van der Waals surface area contributed by atoms with Crippen LogP contribution >= 0.6 is 0 Å². The van der Waals surface area contributed by atoms with E-state index in [-0.39, 0.29) is 41.7 Å². The number of hydrogen-bond donors (Lipinski definition) is 3. The first-order valence-corrected chi connectivity index (χ1v) is 15.2. The van der Waals surface area contributed by atoms with Crippen LogP contribution in [0.25, 0.3) is 0 Å². The van der Waals surface area contributed by atoms with E-state index in [0.717, 1.165) is 57.2 Å². The lowest BCUT2D eigenvalue weighted by Crippen LogP contribution is -2.57. The summed E-state index contributed by atoms with van der Waals surface area (Å²) in [6.45, 7) is 4.55. The Hall–Kier alpha value is -2.65. The molecule has 0 aliphatic carbocycles. The number of cyclic esters (lactones) is 1. The van der Waals surface area contributed by atoms with E-state index >= 15 is 0 Å². The fraction of sp³-hybridized carbons (Fsp3) is 0.606. The Morgan fingerprint density at radius 2 is 1.88 bits per heavy atom. The molecule has 3 N–H and O–H groups in total. The van der Waals surface area contributed by atoms with Gasteiger partial charge in [-0.05, 0) is 55.6 Å². The van der Waals surface area contributed by atoms with Gasteiger partial charge in [-0.2, -0.15) is 0 Å². The Labute approximate surface area is 243 Å². The van der Waals surface area contributed by atoms with Gasteiger partial charge in [0.1, 0.15) is 11.3 Å². The Bertz CT molecular complexity index is 1170. The van der Waals surface area contributed by atoms with Crippen molar-refractivity contribution in [2.75, 3.05) is 26.9 Å². The van der Waals surface area contributed by atoms with Crippen LogP contribution in [0.5, 0.6) is 0 Å². The molecule has 0 amide bonds. The third kappa shape index (κ3) is 6.12. The van der Waals surface area contributed by atoms with Crippen molar-refractivity contribution >= 4 is 5.97 Å². The zero-order valence-corrected chi connectivity index (χ0v) is 24.5. The quantitative estimate of drug-likeness (QED) is 0.363. The predicted octanol–water partition coefficient (Wildman–Crippen LogP) is 4.07. The van der Waals surface area contributed by atoms with Gasteiger partial charge < -0.3 is 29.5 Å². The average Bonchev–Trinajstić information content (AvgIpc) is 3.43. The highest BCUT2D eigenvalue weighted by Gasteiger charge is 2.52. The highest BCUT2D eigenvalue weighted by atomic mass is 16.6. The molecule has 0 bridgehead atoms. The van der Waals surface area contributed by atoms with Gasteiger partial charge in [-0.15, -0.1) is 0 Å². The second-order valence-corrected chi connectivity index (χ2v) is 12.4. The van der Waals surface area contributed by atoms with E-state index in [1.165, 1.54) is 12.7 Å². The third-order valence-corrected chi connectivity index (χ3v) is 9.27. The van der Waals surface area contributed by atoms with Crippen LogP contribution in [0, 0.1) is 23.7 Å². The molecule has 5 rings (SSSR count). The van der Waals surface area contributed by atoms with Crippen LogP contribution in [0.2, 0.25) is 0 Å². The number of aliphatic hydroxyl groups is 3.